The average molecular weight is 927 g/mol. The first-order valence-corrected chi connectivity index (χ1v) is 30.6. The van der Waals surface area contributed by atoms with Crippen molar-refractivity contribution in [2.24, 2.45) is 0 Å². The summed E-state index contributed by atoms with van der Waals surface area (Å²) in [6.45, 7) is 10.3. The SMILES string of the molecule is C[Si]1(C)c2cc3c(cc2-c2c1cc(-c1ccc(-c4ccccc4)c4ccccc14)c1c2oc2ccccc21)[Si](C)(C)c1cc(-c2ccc(-c4ccccc4)c4ccccc24)c2oc4ccccc4c2c1-3. The van der Waals surface area contributed by atoms with E-state index in [2.05, 4.69) is 232 Å². The van der Waals surface area contributed by atoms with Gasteiger partial charge in [0.1, 0.15) is 38.5 Å². The van der Waals surface area contributed by atoms with Gasteiger partial charge in [-0.1, -0.05) is 220 Å². The predicted octanol–water partition coefficient (Wildman–Crippen LogP) is 16.1. The van der Waals surface area contributed by atoms with Crippen LogP contribution in [0, 0.1) is 0 Å². The van der Waals surface area contributed by atoms with Gasteiger partial charge in [0, 0.05) is 32.7 Å². The lowest BCUT2D eigenvalue weighted by Gasteiger charge is -2.22. The van der Waals surface area contributed by atoms with Gasteiger partial charge in [-0.15, -0.1) is 0 Å². The van der Waals surface area contributed by atoms with E-state index in [1.165, 1.54) is 125 Å². The van der Waals surface area contributed by atoms with Gasteiger partial charge in [-0.05, 0) is 110 Å². The molecule has 0 fully saturated rings. The summed E-state index contributed by atoms with van der Waals surface area (Å²) in [5.74, 6) is 0. The highest BCUT2D eigenvalue weighted by Gasteiger charge is 2.46. The first-order valence-electron chi connectivity index (χ1n) is 24.6. The molecule has 0 saturated heterocycles. The van der Waals surface area contributed by atoms with Crippen LogP contribution in [0.15, 0.2) is 215 Å². The van der Waals surface area contributed by atoms with Crippen LogP contribution in [0.1, 0.15) is 0 Å². The van der Waals surface area contributed by atoms with Gasteiger partial charge in [0.2, 0.25) is 0 Å². The second kappa shape index (κ2) is 14.3. The van der Waals surface area contributed by atoms with Crippen molar-refractivity contribution >= 4 is 102 Å². The zero-order valence-electron chi connectivity index (χ0n) is 39.4. The number of rotatable bonds is 4. The maximum Gasteiger partial charge on any atom is 0.143 e. The molecule has 13 aromatic rings. The van der Waals surface area contributed by atoms with Crippen molar-refractivity contribution in [1.29, 1.82) is 0 Å². The van der Waals surface area contributed by atoms with Crippen molar-refractivity contribution in [3.63, 3.8) is 0 Å². The van der Waals surface area contributed by atoms with Gasteiger partial charge in [0.25, 0.3) is 0 Å². The summed E-state index contributed by atoms with van der Waals surface area (Å²) in [6, 6.07) is 76.5. The first-order chi connectivity index (χ1) is 34.3. The van der Waals surface area contributed by atoms with Crippen LogP contribution >= 0.6 is 0 Å². The lowest BCUT2D eigenvalue weighted by Crippen LogP contribution is -2.51. The number of furan rings is 2. The molecule has 0 saturated carbocycles. The maximum absolute atomic E-state index is 7.20. The Balaban J connectivity index is 0.979. The van der Waals surface area contributed by atoms with E-state index in [-0.39, 0.29) is 0 Å². The largest absolute Gasteiger partial charge is 0.455 e. The second-order valence-electron chi connectivity index (χ2n) is 20.6. The molecule has 0 radical (unpaired) electrons. The highest BCUT2D eigenvalue weighted by atomic mass is 28.3. The molecular weight excluding hydrogens is 881 g/mol. The Bertz CT molecular complexity index is 4400. The normalized spacial score (nSPS) is 14.2. The zero-order valence-corrected chi connectivity index (χ0v) is 41.4. The van der Waals surface area contributed by atoms with Crippen LogP contribution in [0.5, 0.6) is 0 Å². The molecule has 0 atom stereocenters. The predicted molar refractivity (Wildman–Crippen MR) is 302 cm³/mol. The van der Waals surface area contributed by atoms with Gasteiger partial charge < -0.3 is 8.83 Å². The molecule has 0 unspecified atom stereocenters. The lowest BCUT2D eigenvalue weighted by atomic mass is 9.88. The van der Waals surface area contributed by atoms with E-state index in [0.717, 1.165) is 27.7 Å². The molecule has 4 heterocycles. The fraction of sp³-hybridized carbons (Fsp3) is 0.0606. The summed E-state index contributed by atoms with van der Waals surface area (Å²) in [5, 5.41) is 15.7. The molecule has 2 nitrogen and oxygen atoms in total. The summed E-state index contributed by atoms with van der Waals surface area (Å²) in [6.07, 6.45) is 0. The van der Waals surface area contributed by atoms with Gasteiger partial charge in [0.05, 0.1) is 0 Å². The van der Waals surface area contributed by atoms with Crippen LogP contribution in [0.3, 0.4) is 0 Å². The smallest absolute Gasteiger partial charge is 0.143 e. The minimum atomic E-state index is -2.35. The van der Waals surface area contributed by atoms with Crippen LogP contribution in [0.4, 0.5) is 0 Å². The van der Waals surface area contributed by atoms with Crippen molar-refractivity contribution in [2.75, 3.05) is 0 Å². The van der Waals surface area contributed by atoms with E-state index in [1.807, 2.05) is 0 Å². The molecule has 0 bridgehead atoms. The quantitative estimate of drug-likeness (QED) is 0.164. The Hall–Kier alpha value is -8.03. The Morgan fingerprint density at radius 2 is 0.643 bits per heavy atom. The van der Waals surface area contributed by atoms with Crippen LogP contribution < -0.4 is 20.7 Å². The molecule has 0 N–H and O–H groups in total. The molecule has 11 aromatic carbocycles. The average Bonchev–Trinajstić information content (AvgIpc) is 4.10. The third kappa shape index (κ3) is 5.32. The van der Waals surface area contributed by atoms with E-state index in [4.69, 9.17) is 8.83 Å². The van der Waals surface area contributed by atoms with E-state index in [1.54, 1.807) is 0 Å². The summed E-state index contributed by atoms with van der Waals surface area (Å²) in [4.78, 5) is 0. The van der Waals surface area contributed by atoms with Gasteiger partial charge in [-0.25, -0.2) is 0 Å². The third-order valence-corrected chi connectivity index (χ3v) is 23.3. The van der Waals surface area contributed by atoms with Gasteiger partial charge in [-0.3, -0.25) is 0 Å². The second-order valence-corrected chi connectivity index (χ2v) is 29.3. The number of para-hydroxylation sites is 2. The lowest BCUT2D eigenvalue weighted by molar-refractivity contribution is 0.670. The number of hydrogen-bond donors (Lipinski definition) is 0. The fourth-order valence-corrected chi connectivity index (χ4v) is 19.0. The van der Waals surface area contributed by atoms with Gasteiger partial charge in [0.15, 0.2) is 0 Å². The maximum atomic E-state index is 7.20. The Morgan fingerprint density at radius 3 is 1.19 bits per heavy atom. The van der Waals surface area contributed by atoms with E-state index < -0.39 is 16.1 Å². The molecule has 0 aliphatic carbocycles. The summed E-state index contributed by atoms with van der Waals surface area (Å²) < 4.78 is 14.3. The zero-order chi connectivity index (χ0) is 46.6. The van der Waals surface area contributed by atoms with Crippen molar-refractivity contribution in [3.05, 3.63) is 206 Å². The topological polar surface area (TPSA) is 26.3 Å². The summed E-state index contributed by atoms with van der Waals surface area (Å²) in [7, 11) is -4.70. The van der Waals surface area contributed by atoms with Crippen molar-refractivity contribution < 1.29 is 8.83 Å². The molecule has 2 aromatic heterocycles. The van der Waals surface area contributed by atoms with E-state index in [9.17, 15) is 0 Å². The van der Waals surface area contributed by atoms with Crippen LogP contribution in [0.2, 0.25) is 26.2 Å². The highest BCUT2D eigenvalue weighted by molar-refractivity contribution is 7.06. The Kier molecular flexibility index (Phi) is 8.14. The molecular formula is C66H46O2Si2. The van der Waals surface area contributed by atoms with Crippen LogP contribution in [0.25, 0.3) is 132 Å². The minimum absolute atomic E-state index is 0.928. The fourth-order valence-electron chi connectivity index (χ4n) is 12.9. The first kappa shape index (κ1) is 39.9. The molecule has 2 aliphatic heterocycles. The third-order valence-electron chi connectivity index (χ3n) is 16.3. The van der Waals surface area contributed by atoms with E-state index in [0.29, 0.717) is 0 Å². The highest BCUT2D eigenvalue weighted by Crippen LogP contribution is 2.50. The Morgan fingerprint density at radius 1 is 0.271 bits per heavy atom. The van der Waals surface area contributed by atoms with Crippen LogP contribution in [-0.2, 0) is 0 Å². The molecule has 0 spiro atoms. The molecule has 330 valence electrons. The summed E-state index contributed by atoms with van der Waals surface area (Å²) >= 11 is 0. The van der Waals surface area contributed by atoms with Crippen molar-refractivity contribution in [3.8, 4) is 66.8 Å². The number of benzene rings is 11. The minimum Gasteiger partial charge on any atom is -0.455 e. The molecule has 15 rings (SSSR count). The Labute approximate surface area is 408 Å². The monoisotopic (exact) mass is 926 g/mol. The van der Waals surface area contributed by atoms with Crippen molar-refractivity contribution in [1.82, 2.24) is 0 Å². The number of hydrogen-bond acceptors (Lipinski definition) is 2. The summed E-state index contributed by atoms with van der Waals surface area (Å²) in [5.41, 5.74) is 19.0. The van der Waals surface area contributed by atoms with Crippen LogP contribution in [-0.4, -0.2) is 16.1 Å². The molecule has 70 heavy (non-hydrogen) atoms. The van der Waals surface area contributed by atoms with E-state index >= 15 is 0 Å². The molecule has 2 aliphatic rings. The number of fused-ring (bicyclic) bond motifs is 16. The standard InChI is InChI=1S/C66H46O2Si2/c1-69(2)57-38-54-58(37-53(57)62-59(69)36-52(65-64(62)50-28-16-18-30-56(50)67-65)48-34-32-42(40-21-9-6-10-22-40)44-24-12-14-26-46(44)48)70(3,4)60-35-51(61-49-27-15-17-29-55(49)68-66(61)63(54)60)47-33-31-41(39-19-7-5-8-20-39)43-23-11-13-25-45(43)47/h5-38H,1-4H3. The molecule has 0 amide bonds. The van der Waals surface area contributed by atoms with Crippen molar-refractivity contribution in [2.45, 2.75) is 26.2 Å². The van der Waals surface area contributed by atoms with Gasteiger partial charge in [-0.2, -0.15) is 0 Å². The van der Waals surface area contributed by atoms with Gasteiger partial charge >= 0.3 is 0 Å². The molecule has 4 heteroatoms.